The molecule has 0 amide bonds. The van der Waals surface area contributed by atoms with E-state index >= 15 is 0 Å². The molecular formula is C16H26ClNO. The van der Waals surface area contributed by atoms with Gasteiger partial charge in [0.25, 0.3) is 0 Å². The molecule has 0 aliphatic rings. The first-order valence-corrected chi connectivity index (χ1v) is 7.29. The Hall–Kier alpha value is -0.570. The molecule has 2 nitrogen and oxygen atoms in total. The molecule has 0 bridgehead atoms. The van der Waals surface area contributed by atoms with Crippen molar-refractivity contribution in [1.29, 1.82) is 0 Å². The summed E-state index contributed by atoms with van der Waals surface area (Å²) in [5.74, 6) is 0.626. The minimum atomic E-state index is -0.0357. The van der Waals surface area contributed by atoms with E-state index in [9.17, 15) is 0 Å². The number of hydrogen-bond acceptors (Lipinski definition) is 2. The second kappa shape index (κ2) is 7.88. The fraction of sp³-hybridized carbons (Fsp3) is 0.625. The summed E-state index contributed by atoms with van der Waals surface area (Å²) in [5, 5.41) is 4.09. The van der Waals surface area contributed by atoms with Crippen molar-refractivity contribution in [2.24, 2.45) is 5.92 Å². The Morgan fingerprint density at radius 2 is 1.89 bits per heavy atom. The Kier molecular flexibility index (Phi) is 6.84. The molecule has 19 heavy (non-hydrogen) atoms. The van der Waals surface area contributed by atoms with Gasteiger partial charge in [-0.25, -0.2) is 0 Å². The summed E-state index contributed by atoms with van der Waals surface area (Å²) < 4.78 is 5.49. The van der Waals surface area contributed by atoms with Crippen LogP contribution in [0.15, 0.2) is 24.3 Å². The fourth-order valence-electron chi connectivity index (χ4n) is 2.17. The number of methoxy groups -OCH3 is 1. The molecule has 3 heteroatoms. The summed E-state index contributed by atoms with van der Waals surface area (Å²) in [4.78, 5) is 0. The van der Waals surface area contributed by atoms with Gasteiger partial charge in [-0.3, -0.25) is 0 Å². The van der Waals surface area contributed by atoms with Gasteiger partial charge in [-0.2, -0.15) is 0 Å². The number of benzene rings is 1. The maximum absolute atomic E-state index is 5.92. The van der Waals surface area contributed by atoms with Crippen LogP contribution in [0, 0.1) is 5.92 Å². The number of nitrogens with one attached hydrogen (secondary N) is 1. The van der Waals surface area contributed by atoms with Gasteiger partial charge in [0.1, 0.15) is 0 Å². The number of halogens is 1. The van der Waals surface area contributed by atoms with E-state index in [1.807, 2.05) is 19.2 Å². The molecule has 1 aromatic rings. The number of hydrogen-bond donors (Lipinski definition) is 1. The third-order valence-corrected chi connectivity index (χ3v) is 3.89. The lowest BCUT2D eigenvalue weighted by atomic mass is 9.90. The lowest BCUT2D eigenvalue weighted by Crippen LogP contribution is -2.27. The molecule has 0 saturated carbocycles. The molecule has 1 aromatic carbocycles. The summed E-state index contributed by atoms with van der Waals surface area (Å²) >= 11 is 5.92. The molecule has 108 valence electrons. The van der Waals surface area contributed by atoms with Crippen LogP contribution >= 0.6 is 11.6 Å². The van der Waals surface area contributed by atoms with Crippen LogP contribution in [-0.4, -0.2) is 26.3 Å². The van der Waals surface area contributed by atoms with E-state index in [0.717, 1.165) is 30.8 Å². The minimum absolute atomic E-state index is 0.0357. The van der Waals surface area contributed by atoms with E-state index in [-0.39, 0.29) is 5.60 Å². The van der Waals surface area contributed by atoms with Crippen LogP contribution in [0.25, 0.3) is 0 Å². The van der Waals surface area contributed by atoms with E-state index in [1.165, 1.54) is 5.56 Å². The van der Waals surface area contributed by atoms with Crippen molar-refractivity contribution in [2.75, 3.05) is 20.7 Å². The Bertz CT molecular complexity index is 362. The maximum Gasteiger partial charge on any atom is 0.0622 e. The highest BCUT2D eigenvalue weighted by atomic mass is 35.5. The molecule has 1 N–H and O–H groups in total. The van der Waals surface area contributed by atoms with Crippen LogP contribution in [0.3, 0.4) is 0 Å². The van der Waals surface area contributed by atoms with Crippen LogP contribution in [0.4, 0.5) is 0 Å². The highest BCUT2D eigenvalue weighted by Gasteiger charge is 2.19. The first kappa shape index (κ1) is 16.5. The van der Waals surface area contributed by atoms with E-state index in [2.05, 4.69) is 31.3 Å². The summed E-state index contributed by atoms with van der Waals surface area (Å²) in [5.41, 5.74) is 1.31. The third-order valence-electron chi connectivity index (χ3n) is 3.64. The number of ether oxygens (including phenoxy) is 1. The minimum Gasteiger partial charge on any atom is -0.379 e. The predicted molar refractivity (Wildman–Crippen MR) is 82.9 cm³/mol. The third kappa shape index (κ3) is 6.42. The lowest BCUT2D eigenvalue weighted by molar-refractivity contribution is 0.0104. The van der Waals surface area contributed by atoms with E-state index < -0.39 is 0 Å². The Morgan fingerprint density at radius 1 is 1.26 bits per heavy atom. The van der Waals surface area contributed by atoms with Gasteiger partial charge in [-0.1, -0.05) is 23.7 Å². The summed E-state index contributed by atoms with van der Waals surface area (Å²) in [7, 11) is 3.79. The summed E-state index contributed by atoms with van der Waals surface area (Å²) in [6, 6.07) is 8.16. The van der Waals surface area contributed by atoms with Gasteiger partial charge in [0, 0.05) is 12.1 Å². The monoisotopic (exact) mass is 283 g/mol. The zero-order chi connectivity index (χ0) is 14.3. The zero-order valence-electron chi connectivity index (χ0n) is 12.5. The lowest BCUT2D eigenvalue weighted by Gasteiger charge is -2.26. The van der Waals surface area contributed by atoms with Gasteiger partial charge in [0.2, 0.25) is 0 Å². The molecule has 1 rings (SSSR count). The van der Waals surface area contributed by atoms with Gasteiger partial charge in [0.05, 0.1) is 5.60 Å². The van der Waals surface area contributed by atoms with Gasteiger partial charge in [-0.15, -0.1) is 0 Å². The second-order valence-corrected chi connectivity index (χ2v) is 6.19. The molecule has 0 aromatic heterocycles. The Morgan fingerprint density at radius 3 is 2.42 bits per heavy atom. The van der Waals surface area contributed by atoms with Crippen molar-refractivity contribution in [3.8, 4) is 0 Å². The average molecular weight is 284 g/mol. The molecule has 0 saturated heterocycles. The van der Waals surface area contributed by atoms with Crippen molar-refractivity contribution >= 4 is 11.6 Å². The van der Waals surface area contributed by atoms with Crippen molar-refractivity contribution in [1.82, 2.24) is 5.32 Å². The molecule has 1 unspecified atom stereocenters. The molecule has 1 atom stereocenters. The molecule has 0 heterocycles. The van der Waals surface area contributed by atoms with Crippen LogP contribution in [0.1, 0.15) is 32.3 Å². The zero-order valence-corrected chi connectivity index (χ0v) is 13.3. The maximum atomic E-state index is 5.92. The quantitative estimate of drug-likeness (QED) is 0.781. The van der Waals surface area contributed by atoms with Crippen LogP contribution in [-0.2, 0) is 11.2 Å². The van der Waals surface area contributed by atoms with E-state index in [0.29, 0.717) is 5.92 Å². The molecule has 0 radical (unpaired) electrons. The van der Waals surface area contributed by atoms with Crippen molar-refractivity contribution in [2.45, 2.75) is 38.7 Å². The van der Waals surface area contributed by atoms with Crippen LogP contribution in [0.5, 0.6) is 0 Å². The normalized spacial score (nSPS) is 13.5. The average Bonchev–Trinajstić information content (AvgIpc) is 2.39. The highest BCUT2D eigenvalue weighted by molar-refractivity contribution is 6.30. The smallest absolute Gasteiger partial charge is 0.0622 e. The summed E-state index contributed by atoms with van der Waals surface area (Å²) in [6.07, 6.45) is 3.31. The summed E-state index contributed by atoms with van der Waals surface area (Å²) in [6.45, 7) is 5.32. The van der Waals surface area contributed by atoms with Crippen molar-refractivity contribution in [3.05, 3.63) is 34.9 Å². The topological polar surface area (TPSA) is 21.3 Å². The molecule has 0 spiro atoms. The van der Waals surface area contributed by atoms with E-state index in [4.69, 9.17) is 16.3 Å². The fourth-order valence-corrected chi connectivity index (χ4v) is 2.30. The van der Waals surface area contributed by atoms with E-state index in [1.54, 1.807) is 7.11 Å². The Balaban J connectivity index is 2.55. The largest absolute Gasteiger partial charge is 0.379 e. The van der Waals surface area contributed by atoms with Crippen LogP contribution in [0.2, 0.25) is 5.02 Å². The van der Waals surface area contributed by atoms with Gasteiger partial charge in [-0.05, 0) is 70.3 Å². The molecule has 0 aliphatic carbocycles. The first-order valence-electron chi connectivity index (χ1n) is 6.91. The predicted octanol–water partition coefficient (Wildman–Crippen LogP) is 3.92. The first-order chi connectivity index (χ1) is 8.96. The molecular weight excluding hydrogens is 258 g/mol. The van der Waals surface area contributed by atoms with Gasteiger partial charge >= 0.3 is 0 Å². The van der Waals surface area contributed by atoms with Gasteiger partial charge < -0.3 is 10.1 Å². The molecule has 0 aliphatic heterocycles. The van der Waals surface area contributed by atoms with Gasteiger partial charge in [0.15, 0.2) is 0 Å². The van der Waals surface area contributed by atoms with Crippen molar-refractivity contribution < 1.29 is 4.74 Å². The highest BCUT2D eigenvalue weighted by Crippen LogP contribution is 2.22. The van der Waals surface area contributed by atoms with Crippen molar-refractivity contribution in [3.63, 3.8) is 0 Å². The Labute approximate surface area is 122 Å². The standard InChI is InChI=1S/C16H26ClNO/c1-16(2,19-4)10-9-14(12-18-3)11-13-5-7-15(17)8-6-13/h5-8,14,18H,9-12H2,1-4H3. The van der Waals surface area contributed by atoms with Crippen LogP contribution < -0.4 is 5.32 Å². The second-order valence-electron chi connectivity index (χ2n) is 5.76. The molecule has 0 fully saturated rings. The SMILES string of the molecule is CNCC(CCC(C)(C)OC)Cc1ccc(Cl)cc1. The number of rotatable bonds is 8.